The molecular weight excluding hydrogens is 178 g/mol. The number of amides is 1. The standard InChI is InChI=1S/C7H9NO5/c1-4(9)8-3-13-7(12)5(8)2-6(10)11/h5H,2-3H2,1H3,(H,10,11)/t5-/m0/s1. The minimum Gasteiger partial charge on any atom is -0.481 e. The number of carbonyl (C=O) groups excluding carboxylic acids is 2. The molecular formula is C7H9NO5. The van der Waals surface area contributed by atoms with Crippen molar-refractivity contribution in [3.63, 3.8) is 0 Å². The van der Waals surface area contributed by atoms with Gasteiger partial charge < -0.3 is 9.84 Å². The van der Waals surface area contributed by atoms with Gasteiger partial charge in [0.15, 0.2) is 6.73 Å². The summed E-state index contributed by atoms with van der Waals surface area (Å²) in [6.45, 7) is 1.11. The Morgan fingerprint density at radius 1 is 1.69 bits per heavy atom. The van der Waals surface area contributed by atoms with Gasteiger partial charge in [0.25, 0.3) is 0 Å². The van der Waals surface area contributed by atoms with Crippen LogP contribution in [-0.4, -0.2) is 40.6 Å². The third-order valence-corrected chi connectivity index (χ3v) is 1.77. The van der Waals surface area contributed by atoms with Crippen molar-refractivity contribution in [2.45, 2.75) is 19.4 Å². The largest absolute Gasteiger partial charge is 0.481 e. The van der Waals surface area contributed by atoms with E-state index in [4.69, 9.17) is 5.11 Å². The van der Waals surface area contributed by atoms with Gasteiger partial charge in [-0.15, -0.1) is 0 Å². The molecule has 1 aliphatic heterocycles. The van der Waals surface area contributed by atoms with Gasteiger partial charge in [0.05, 0.1) is 6.42 Å². The maximum atomic E-state index is 10.9. The second-order valence-electron chi connectivity index (χ2n) is 2.69. The highest BCUT2D eigenvalue weighted by atomic mass is 16.6. The van der Waals surface area contributed by atoms with Crippen molar-refractivity contribution in [2.75, 3.05) is 6.73 Å². The second kappa shape index (κ2) is 3.42. The maximum Gasteiger partial charge on any atom is 0.331 e. The molecule has 1 aliphatic rings. The summed E-state index contributed by atoms with van der Waals surface area (Å²) >= 11 is 0. The fraction of sp³-hybridized carbons (Fsp3) is 0.571. The number of carbonyl (C=O) groups is 3. The molecule has 0 aromatic rings. The van der Waals surface area contributed by atoms with Crippen LogP contribution >= 0.6 is 0 Å². The summed E-state index contributed by atoms with van der Waals surface area (Å²) < 4.78 is 4.54. The van der Waals surface area contributed by atoms with Crippen LogP contribution in [0.1, 0.15) is 13.3 Å². The minimum absolute atomic E-state index is 0.147. The van der Waals surface area contributed by atoms with E-state index in [2.05, 4.69) is 4.74 Å². The third-order valence-electron chi connectivity index (χ3n) is 1.77. The molecule has 1 saturated heterocycles. The molecule has 0 saturated carbocycles. The lowest BCUT2D eigenvalue weighted by Gasteiger charge is -2.15. The number of aliphatic carboxylic acids is 1. The van der Waals surface area contributed by atoms with E-state index in [1.54, 1.807) is 0 Å². The van der Waals surface area contributed by atoms with Crippen LogP contribution in [0.2, 0.25) is 0 Å². The van der Waals surface area contributed by atoms with Crippen molar-refractivity contribution < 1.29 is 24.2 Å². The van der Waals surface area contributed by atoms with Gasteiger partial charge in [-0.05, 0) is 0 Å². The van der Waals surface area contributed by atoms with Gasteiger partial charge in [0.1, 0.15) is 6.04 Å². The van der Waals surface area contributed by atoms with Gasteiger partial charge in [-0.25, -0.2) is 4.79 Å². The van der Waals surface area contributed by atoms with Gasteiger partial charge in [0.2, 0.25) is 5.91 Å². The monoisotopic (exact) mass is 187 g/mol. The van der Waals surface area contributed by atoms with E-state index < -0.39 is 24.4 Å². The Labute approximate surface area is 74.1 Å². The first-order valence-electron chi connectivity index (χ1n) is 3.68. The van der Waals surface area contributed by atoms with Crippen molar-refractivity contribution in [1.82, 2.24) is 4.90 Å². The van der Waals surface area contributed by atoms with Crippen LogP contribution in [0.25, 0.3) is 0 Å². The highest BCUT2D eigenvalue weighted by molar-refractivity contribution is 5.88. The zero-order valence-electron chi connectivity index (χ0n) is 7.02. The van der Waals surface area contributed by atoms with Crippen molar-refractivity contribution in [3.05, 3.63) is 0 Å². The zero-order valence-corrected chi connectivity index (χ0v) is 7.02. The fourth-order valence-electron chi connectivity index (χ4n) is 1.12. The van der Waals surface area contributed by atoms with Crippen LogP contribution in [-0.2, 0) is 19.1 Å². The molecule has 0 unspecified atom stereocenters. The molecule has 1 fully saturated rings. The molecule has 13 heavy (non-hydrogen) atoms. The summed E-state index contributed by atoms with van der Waals surface area (Å²) in [6, 6.07) is -0.963. The zero-order chi connectivity index (χ0) is 10.0. The Bertz CT molecular complexity index is 262. The van der Waals surface area contributed by atoms with Crippen molar-refractivity contribution in [2.24, 2.45) is 0 Å². The smallest absolute Gasteiger partial charge is 0.331 e. The molecule has 1 atom stereocenters. The Kier molecular flexibility index (Phi) is 2.50. The predicted octanol–water partition coefficient (Wildman–Crippen LogP) is -0.808. The third kappa shape index (κ3) is 1.95. The molecule has 0 spiro atoms. The molecule has 1 N–H and O–H groups in total. The number of esters is 1. The van der Waals surface area contributed by atoms with Gasteiger partial charge >= 0.3 is 11.9 Å². The van der Waals surface area contributed by atoms with Gasteiger partial charge in [0, 0.05) is 6.92 Å². The summed E-state index contributed by atoms with van der Waals surface area (Å²) in [5.74, 6) is -2.15. The normalized spacial score (nSPS) is 21.5. The quantitative estimate of drug-likeness (QED) is 0.571. The topological polar surface area (TPSA) is 83.9 Å². The minimum atomic E-state index is -1.13. The number of cyclic esters (lactones) is 1. The number of rotatable bonds is 2. The number of carboxylic acids is 1. The molecule has 1 heterocycles. The highest BCUT2D eigenvalue weighted by Crippen LogP contribution is 2.14. The molecule has 6 heteroatoms. The molecule has 0 aliphatic carbocycles. The van der Waals surface area contributed by atoms with Crippen molar-refractivity contribution >= 4 is 17.8 Å². The Balaban J connectivity index is 2.71. The molecule has 0 bridgehead atoms. The average molecular weight is 187 g/mol. The predicted molar refractivity (Wildman–Crippen MR) is 39.5 cm³/mol. The number of carboxylic acid groups (broad SMARTS) is 1. The van der Waals surface area contributed by atoms with E-state index in [9.17, 15) is 14.4 Å². The summed E-state index contributed by atoms with van der Waals surface area (Å²) in [5.41, 5.74) is 0. The van der Waals surface area contributed by atoms with Crippen molar-refractivity contribution in [3.8, 4) is 0 Å². The van der Waals surface area contributed by atoms with Crippen LogP contribution in [0.4, 0.5) is 0 Å². The van der Waals surface area contributed by atoms with Crippen LogP contribution in [0, 0.1) is 0 Å². The van der Waals surface area contributed by atoms with E-state index in [1.807, 2.05) is 0 Å². The van der Waals surface area contributed by atoms with Crippen molar-refractivity contribution in [1.29, 1.82) is 0 Å². The molecule has 6 nitrogen and oxygen atoms in total. The lowest BCUT2D eigenvalue weighted by molar-refractivity contribution is -0.145. The molecule has 1 amide bonds. The average Bonchev–Trinajstić information content (AvgIpc) is 2.32. The molecule has 0 radical (unpaired) electrons. The lowest BCUT2D eigenvalue weighted by Crippen LogP contribution is -2.38. The van der Waals surface area contributed by atoms with Crippen LogP contribution < -0.4 is 0 Å². The molecule has 72 valence electrons. The summed E-state index contributed by atoms with van der Waals surface area (Å²) in [6.07, 6.45) is -0.404. The number of hydrogen-bond donors (Lipinski definition) is 1. The Morgan fingerprint density at radius 3 is 2.77 bits per heavy atom. The van der Waals surface area contributed by atoms with Crippen LogP contribution in [0.15, 0.2) is 0 Å². The molecule has 0 aromatic heterocycles. The summed E-state index contributed by atoms with van der Waals surface area (Å²) in [7, 11) is 0. The van der Waals surface area contributed by atoms with E-state index in [1.165, 1.54) is 6.92 Å². The molecule has 1 rings (SSSR count). The first-order valence-corrected chi connectivity index (χ1v) is 3.68. The number of ether oxygens (including phenoxy) is 1. The number of hydrogen-bond acceptors (Lipinski definition) is 4. The van der Waals surface area contributed by atoms with Gasteiger partial charge in [-0.2, -0.15) is 0 Å². The Morgan fingerprint density at radius 2 is 2.31 bits per heavy atom. The van der Waals surface area contributed by atoms with Gasteiger partial charge in [-0.3, -0.25) is 14.5 Å². The Hall–Kier alpha value is -1.59. The van der Waals surface area contributed by atoms with E-state index in [-0.39, 0.29) is 12.6 Å². The van der Waals surface area contributed by atoms with E-state index in [0.717, 1.165) is 4.90 Å². The van der Waals surface area contributed by atoms with Crippen LogP contribution in [0.5, 0.6) is 0 Å². The fourth-order valence-corrected chi connectivity index (χ4v) is 1.12. The van der Waals surface area contributed by atoms with Crippen LogP contribution in [0.3, 0.4) is 0 Å². The van der Waals surface area contributed by atoms with E-state index in [0.29, 0.717) is 0 Å². The first-order chi connectivity index (χ1) is 6.02. The first kappa shape index (κ1) is 9.50. The highest BCUT2D eigenvalue weighted by Gasteiger charge is 2.37. The molecule has 0 aromatic carbocycles. The SMILES string of the molecule is CC(=O)N1COC(=O)[C@@H]1CC(=O)O. The second-order valence-corrected chi connectivity index (χ2v) is 2.69. The summed E-state index contributed by atoms with van der Waals surface area (Å²) in [5, 5.41) is 8.45. The summed E-state index contributed by atoms with van der Waals surface area (Å²) in [4.78, 5) is 33.2. The van der Waals surface area contributed by atoms with E-state index >= 15 is 0 Å². The maximum absolute atomic E-state index is 10.9. The number of nitrogens with zero attached hydrogens (tertiary/aromatic N) is 1. The lowest BCUT2D eigenvalue weighted by atomic mass is 10.2. The van der Waals surface area contributed by atoms with Gasteiger partial charge in [-0.1, -0.05) is 0 Å².